The summed E-state index contributed by atoms with van der Waals surface area (Å²) in [6, 6.07) is 10.0. The number of aryl methyl sites for hydroxylation is 4. The van der Waals surface area contributed by atoms with Crippen LogP contribution in [0.1, 0.15) is 52.9 Å². The van der Waals surface area contributed by atoms with Gasteiger partial charge in [-0.05, 0) is 62.4 Å². The molecule has 1 aromatic carbocycles. The van der Waals surface area contributed by atoms with Gasteiger partial charge in [0.05, 0.1) is 0 Å². The number of carbonyl (C=O) groups excluding carboxylic acids is 2. The predicted molar refractivity (Wildman–Crippen MR) is 98.8 cm³/mol. The van der Waals surface area contributed by atoms with E-state index in [1.54, 1.807) is 0 Å². The van der Waals surface area contributed by atoms with Crippen LogP contribution < -0.4 is 0 Å². The molecule has 3 nitrogen and oxygen atoms in total. The molecule has 0 amide bonds. The van der Waals surface area contributed by atoms with Crippen LogP contribution in [0.5, 0.6) is 0 Å². The minimum atomic E-state index is -0.597. The first-order chi connectivity index (χ1) is 11.9. The summed E-state index contributed by atoms with van der Waals surface area (Å²) in [5.74, 6) is -0.738. The Hall–Kier alpha value is -2.29. The van der Waals surface area contributed by atoms with E-state index in [0.29, 0.717) is 12.8 Å². The van der Waals surface area contributed by atoms with Gasteiger partial charge in [-0.1, -0.05) is 30.7 Å². The Morgan fingerprint density at radius 2 is 1.68 bits per heavy atom. The fraction of sp³-hybridized carbons (Fsp3) is 0.409. The van der Waals surface area contributed by atoms with Crippen molar-refractivity contribution >= 4 is 11.6 Å². The van der Waals surface area contributed by atoms with E-state index in [1.165, 1.54) is 0 Å². The van der Waals surface area contributed by atoms with Gasteiger partial charge >= 0.3 is 0 Å². The Balaban J connectivity index is 1.88. The number of benzene rings is 1. The summed E-state index contributed by atoms with van der Waals surface area (Å²) >= 11 is 0. The second kappa shape index (κ2) is 6.91. The number of pyridine rings is 1. The highest BCUT2D eigenvalue weighted by Gasteiger charge is 2.43. The van der Waals surface area contributed by atoms with Crippen molar-refractivity contribution in [2.75, 3.05) is 0 Å². The smallest absolute Gasteiger partial charge is 0.151 e. The number of nitrogens with zero attached hydrogens (tertiary/aromatic N) is 1. The van der Waals surface area contributed by atoms with Crippen molar-refractivity contribution in [2.45, 2.75) is 52.9 Å². The third kappa shape index (κ3) is 3.41. The molecule has 0 bridgehead atoms. The van der Waals surface area contributed by atoms with Crippen LogP contribution in [0.3, 0.4) is 0 Å². The van der Waals surface area contributed by atoms with Crippen LogP contribution in [0.4, 0.5) is 0 Å². The number of hydrogen-bond acceptors (Lipinski definition) is 3. The van der Waals surface area contributed by atoms with E-state index in [4.69, 9.17) is 0 Å². The average Bonchev–Trinajstić information content (AvgIpc) is 2.82. The van der Waals surface area contributed by atoms with Gasteiger partial charge in [-0.25, -0.2) is 0 Å². The molecule has 0 aliphatic heterocycles. The van der Waals surface area contributed by atoms with E-state index in [-0.39, 0.29) is 17.5 Å². The molecule has 1 fully saturated rings. The lowest BCUT2D eigenvalue weighted by molar-refractivity contribution is -0.124. The van der Waals surface area contributed by atoms with Gasteiger partial charge in [0.2, 0.25) is 0 Å². The number of ketones is 2. The monoisotopic (exact) mass is 335 g/mol. The Morgan fingerprint density at radius 1 is 1.04 bits per heavy atom. The number of rotatable bonds is 4. The normalized spacial score (nSPS) is 20.3. The molecule has 0 saturated heterocycles. The molecule has 1 aliphatic rings. The highest BCUT2D eigenvalue weighted by Crippen LogP contribution is 2.37. The first-order valence-corrected chi connectivity index (χ1v) is 8.99. The summed E-state index contributed by atoms with van der Waals surface area (Å²) in [5.41, 5.74) is 6.08. The Kier molecular flexibility index (Phi) is 4.85. The third-order valence-corrected chi connectivity index (χ3v) is 5.17. The van der Waals surface area contributed by atoms with Gasteiger partial charge in [-0.2, -0.15) is 0 Å². The molecule has 1 aromatic heterocycles. The number of Topliss-reactive ketones (excluding diaryl/α,β-unsaturated/α-hetero) is 2. The maximum atomic E-state index is 13.0. The lowest BCUT2D eigenvalue weighted by Gasteiger charge is -2.16. The maximum absolute atomic E-state index is 13.0. The highest BCUT2D eigenvalue weighted by atomic mass is 16.2. The molecule has 3 heteroatoms. The van der Waals surface area contributed by atoms with Crippen LogP contribution in [0.15, 0.2) is 30.3 Å². The van der Waals surface area contributed by atoms with Gasteiger partial charge in [0.15, 0.2) is 5.78 Å². The van der Waals surface area contributed by atoms with Crippen LogP contribution in [0.2, 0.25) is 0 Å². The van der Waals surface area contributed by atoms with E-state index in [9.17, 15) is 9.59 Å². The number of hydrogen-bond donors (Lipinski definition) is 0. The summed E-state index contributed by atoms with van der Waals surface area (Å²) in [7, 11) is 0. The van der Waals surface area contributed by atoms with Crippen LogP contribution in [-0.2, 0) is 22.4 Å². The molecule has 2 atom stereocenters. The van der Waals surface area contributed by atoms with Crippen LogP contribution in [-0.4, -0.2) is 16.6 Å². The van der Waals surface area contributed by atoms with Crippen molar-refractivity contribution in [1.29, 1.82) is 0 Å². The maximum Gasteiger partial charge on any atom is 0.151 e. The molecule has 3 rings (SSSR count). The fourth-order valence-electron chi connectivity index (χ4n) is 4.07. The first-order valence-electron chi connectivity index (χ1n) is 8.99. The number of carbonyl (C=O) groups is 2. The summed E-state index contributed by atoms with van der Waals surface area (Å²) in [6.45, 7) is 8.09. The molecule has 0 N–H and O–H groups in total. The molecule has 1 heterocycles. The molecule has 130 valence electrons. The van der Waals surface area contributed by atoms with E-state index < -0.39 is 5.92 Å². The zero-order valence-corrected chi connectivity index (χ0v) is 15.4. The van der Waals surface area contributed by atoms with Gasteiger partial charge in [0.25, 0.3) is 0 Å². The molecule has 1 saturated carbocycles. The molecule has 0 radical (unpaired) electrons. The zero-order valence-electron chi connectivity index (χ0n) is 15.4. The van der Waals surface area contributed by atoms with Crippen molar-refractivity contribution in [2.24, 2.45) is 5.92 Å². The second-order valence-electron chi connectivity index (χ2n) is 7.19. The Morgan fingerprint density at radius 3 is 2.32 bits per heavy atom. The summed E-state index contributed by atoms with van der Waals surface area (Å²) < 4.78 is 0. The topological polar surface area (TPSA) is 47.0 Å². The quantitative estimate of drug-likeness (QED) is 0.792. The largest absolute Gasteiger partial charge is 0.298 e. The zero-order chi connectivity index (χ0) is 18.1. The molecule has 2 unspecified atom stereocenters. The van der Waals surface area contributed by atoms with Gasteiger partial charge in [0.1, 0.15) is 11.7 Å². The van der Waals surface area contributed by atoms with Crippen molar-refractivity contribution < 1.29 is 9.59 Å². The Labute approximate surface area is 149 Å². The summed E-state index contributed by atoms with van der Waals surface area (Å²) in [4.78, 5) is 30.3. The van der Waals surface area contributed by atoms with Gasteiger partial charge < -0.3 is 0 Å². The third-order valence-electron chi connectivity index (χ3n) is 5.17. The van der Waals surface area contributed by atoms with Gasteiger partial charge in [-0.15, -0.1) is 0 Å². The van der Waals surface area contributed by atoms with E-state index >= 15 is 0 Å². The molecule has 25 heavy (non-hydrogen) atoms. The predicted octanol–water partition coefficient (Wildman–Crippen LogP) is 4.05. The lowest BCUT2D eigenvalue weighted by Crippen LogP contribution is -2.19. The fourth-order valence-corrected chi connectivity index (χ4v) is 4.07. The van der Waals surface area contributed by atoms with Crippen LogP contribution in [0, 0.1) is 26.7 Å². The number of aromatic nitrogens is 1. The Bertz CT molecular complexity index is 815. The second-order valence-corrected chi connectivity index (χ2v) is 7.19. The van der Waals surface area contributed by atoms with Gasteiger partial charge in [-0.3, -0.25) is 14.6 Å². The molecule has 0 spiro atoms. The lowest BCUT2D eigenvalue weighted by atomic mass is 9.86. The van der Waals surface area contributed by atoms with Gasteiger partial charge in [0, 0.05) is 23.7 Å². The van der Waals surface area contributed by atoms with Crippen LogP contribution >= 0.6 is 0 Å². The SMILES string of the molecule is CCc1cccc(CC2CC(=O)C(c3c(C)cc(C)cc3C)C2=O)n1. The van der Waals surface area contributed by atoms with E-state index in [1.807, 2.05) is 39.0 Å². The summed E-state index contributed by atoms with van der Waals surface area (Å²) in [6.07, 6.45) is 1.75. The minimum Gasteiger partial charge on any atom is -0.298 e. The standard InChI is InChI=1S/C22H25NO2/c1-5-17-7-6-8-18(23-17)11-16-12-19(24)21(22(16)25)20-14(3)9-13(2)10-15(20)4/h6-10,16,21H,5,11-12H2,1-4H3. The minimum absolute atomic E-state index is 0.0525. The van der Waals surface area contributed by atoms with Crippen molar-refractivity contribution in [3.63, 3.8) is 0 Å². The van der Waals surface area contributed by atoms with Crippen molar-refractivity contribution in [3.8, 4) is 0 Å². The van der Waals surface area contributed by atoms with E-state index in [0.717, 1.165) is 40.1 Å². The molecule has 1 aliphatic carbocycles. The molecular weight excluding hydrogens is 310 g/mol. The molecule has 2 aromatic rings. The first kappa shape index (κ1) is 17.5. The van der Waals surface area contributed by atoms with E-state index in [2.05, 4.69) is 24.0 Å². The van der Waals surface area contributed by atoms with Crippen LogP contribution in [0.25, 0.3) is 0 Å². The van der Waals surface area contributed by atoms with Crippen molar-refractivity contribution in [1.82, 2.24) is 4.98 Å². The highest BCUT2D eigenvalue weighted by molar-refractivity contribution is 6.15. The van der Waals surface area contributed by atoms with Crippen molar-refractivity contribution in [3.05, 3.63) is 64.0 Å². The molecular formula is C22H25NO2. The average molecular weight is 335 g/mol. The summed E-state index contributed by atoms with van der Waals surface area (Å²) in [5, 5.41) is 0.